The number of nitrogens with one attached hydrogen (secondary N) is 2. The number of nitrogens with zero attached hydrogens (tertiary/aromatic N) is 1. The number of hydrazone groups is 1. The van der Waals surface area contributed by atoms with Crippen molar-refractivity contribution in [2.45, 2.75) is 6.92 Å². The van der Waals surface area contributed by atoms with Gasteiger partial charge in [-0.05, 0) is 48.9 Å². The minimum atomic E-state index is -1.01. The number of amides is 2. The van der Waals surface area contributed by atoms with Gasteiger partial charge in [0.1, 0.15) is 17.3 Å². The van der Waals surface area contributed by atoms with Crippen LogP contribution >= 0.6 is 0 Å². The van der Waals surface area contributed by atoms with E-state index in [0.29, 0.717) is 22.8 Å². The molecule has 3 aromatic rings. The van der Waals surface area contributed by atoms with Crippen LogP contribution in [0.5, 0.6) is 5.75 Å². The quantitative estimate of drug-likeness (QED) is 0.350. The number of benzene rings is 2. The SMILES string of the molecule is Cc1cccc(OCC(=O)NCC(=O)NN=Cc2ccc(-c3ccc(C(=O)O)cc3)o2)c1. The van der Waals surface area contributed by atoms with E-state index in [1.807, 2.05) is 19.1 Å². The Kier molecular flexibility index (Phi) is 7.37. The van der Waals surface area contributed by atoms with Gasteiger partial charge in [-0.1, -0.05) is 24.3 Å². The summed E-state index contributed by atoms with van der Waals surface area (Å²) >= 11 is 0. The van der Waals surface area contributed by atoms with Crippen molar-refractivity contribution >= 4 is 24.0 Å². The molecule has 1 heterocycles. The van der Waals surface area contributed by atoms with Crippen molar-refractivity contribution in [2.24, 2.45) is 5.10 Å². The molecule has 0 aliphatic rings. The van der Waals surface area contributed by atoms with Crippen LogP contribution in [-0.2, 0) is 9.59 Å². The molecular formula is C23H21N3O6. The van der Waals surface area contributed by atoms with Crippen LogP contribution in [0.3, 0.4) is 0 Å². The fourth-order valence-electron chi connectivity index (χ4n) is 2.65. The Balaban J connectivity index is 1.41. The molecule has 0 saturated heterocycles. The van der Waals surface area contributed by atoms with Crippen LogP contribution in [-0.4, -0.2) is 42.3 Å². The number of carboxylic acids is 1. The highest BCUT2D eigenvalue weighted by atomic mass is 16.5. The summed E-state index contributed by atoms with van der Waals surface area (Å²) in [5, 5.41) is 15.2. The lowest BCUT2D eigenvalue weighted by Gasteiger charge is -2.07. The van der Waals surface area contributed by atoms with Crippen molar-refractivity contribution in [1.29, 1.82) is 0 Å². The molecule has 1 aromatic heterocycles. The molecule has 0 saturated carbocycles. The normalized spacial score (nSPS) is 10.7. The van der Waals surface area contributed by atoms with Gasteiger partial charge >= 0.3 is 5.97 Å². The second-order valence-corrected chi connectivity index (χ2v) is 6.76. The van der Waals surface area contributed by atoms with Crippen molar-refractivity contribution in [1.82, 2.24) is 10.7 Å². The number of aryl methyl sites for hydroxylation is 1. The van der Waals surface area contributed by atoms with Gasteiger partial charge in [-0.25, -0.2) is 10.2 Å². The number of aromatic carboxylic acids is 1. The molecule has 9 heteroatoms. The van der Waals surface area contributed by atoms with Crippen molar-refractivity contribution < 1.29 is 28.6 Å². The molecule has 3 rings (SSSR count). The van der Waals surface area contributed by atoms with E-state index in [-0.39, 0.29) is 18.7 Å². The second-order valence-electron chi connectivity index (χ2n) is 6.76. The highest BCUT2D eigenvalue weighted by Gasteiger charge is 2.08. The van der Waals surface area contributed by atoms with E-state index in [4.69, 9.17) is 14.3 Å². The van der Waals surface area contributed by atoms with Gasteiger partial charge in [0.05, 0.1) is 18.3 Å². The largest absolute Gasteiger partial charge is 0.484 e. The van der Waals surface area contributed by atoms with Crippen molar-refractivity contribution in [3.05, 3.63) is 77.6 Å². The zero-order chi connectivity index (χ0) is 22.9. The average molecular weight is 435 g/mol. The van der Waals surface area contributed by atoms with Crippen LogP contribution in [0.2, 0.25) is 0 Å². The van der Waals surface area contributed by atoms with E-state index >= 15 is 0 Å². The Morgan fingerprint density at radius 2 is 1.84 bits per heavy atom. The number of carboxylic acid groups (broad SMARTS) is 1. The number of furan rings is 1. The minimum absolute atomic E-state index is 0.179. The first-order chi connectivity index (χ1) is 15.4. The van der Waals surface area contributed by atoms with E-state index in [9.17, 15) is 14.4 Å². The Bertz CT molecular complexity index is 1130. The van der Waals surface area contributed by atoms with E-state index in [0.717, 1.165) is 5.56 Å². The summed E-state index contributed by atoms with van der Waals surface area (Å²) in [6.45, 7) is 1.45. The number of rotatable bonds is 9. The molecule has 0 fully saturated rings. The maximum Gasteiger partial charge on any atom is 0.335 e. The number of carbonyl (C=O) groups is 3. The molecule has 3 N–H and O–H groups in total. The lowest BCUT2D eigenvalue weighted by molar-refractivity contribution is -0.127. The van der Waals surface area contributed by atoms with Crippen LogP contribution in [0.25, 0.3) is 11.3 Å². The fraction of sp³-hybridized carbons (Fsp3) is 0.130. The first kappa shape index (κ1) is 22.3. The van der Waals surface area contributed by atoms with Gasteiger partial charge < -0.3 is 19.6 Å². The molecule has 0 radical (unpaired) electrons. The molecule has 0 aliphatic heterocycles. The number of hydrogen-bond acceptors (Lipinski definition) is 6. The molecule has 0 bridgehead atoms. The highest BCUT2D eigenvalue weighted by Crippen LogP contribution is 2.22. The third-order valence-electron chi connectivity index (χ3n) is 4.23. The van der Waals surface area contributed by atoms with Crippen molar-refractivity contribution in [3.63, 3.8) is 0 Å². The fourth-order valence-corrected chi connectivity index (χ4v) is 2.65. The van der Waals surface area contributed by atoms with Gasteiger partial charge in [0.2, 0.25) is 0 Å². The first-order valence-electron chi connectivity index (χ1n) is 9.62. The lowest BCUT2D eigenvalue weighted by Crippen LogP contribution is -2.37. The Hall–Kier alpha value is -4.40. The van der Waals surface area contributed by atoms with Crippen LogP contribution in [0, 0.1) is 6.92 Å². The standard InChI is InChI=1S/C23H21N3O6/c1-15-3-2-4-18(11-15)31-14-22(28)24-13-21(27)26-25-12-19-9-10-20(32-19)16-5-7-17(8-6-16)23(29)30/h2-12H,13-14H2,1H3,(H,24,28)(H,26,27)(H,29,30). The summed E-state index contributed by atoms with van der Waals surface area (Å²) in [6.07, 6.45) is 1.32. The van der Waals surface area contributed by atoms with E-state index in [2.05, 4.69) is 15.8 Å². The van der Waals surface area contributed by atoms with E-state index in [1.165, 1.54) is 18.3 Å². The second kappa shape index (κ2) is 10.6. The molecule has 9 nitrogen and oxygen atoms in total. The van der Waals surface area contributed by atoms with Gasteiger partial charge in [0.25, 0.3) is 11.8 Å². The van der Waals surface area contributed by atoms with Crippen LogP contribution in [0.1, 0.15) is 21.7 Å². The monoisotopic (exact) mass is 435 g/mol. The Labute approximate surface area is 183 Å². The van der Waals surface area contributed by atoms with E-state index < -0.39 is 17.8 Å². The van der Waals surface area contributed by atoms with Crippen molar-refractivity contribution in [2.75, 3.05) is 13.2 Å². The predicted molar refractivity (Wildman–Crippen MR) is 117 cm³/mol. The molecule has 0 aliphatic carbocycles. The molecule has 2 amide bonds. The van der Waals surface area contributed by atoms with Gasteiger partial charge in [-0.2, -0.15) is 5.10 Å². The zero-order valence-electron chi connectivity index (χ0n) is 17.2. The smallest absolute Gasteiger partial charge is 0.335 e. The lowest BCUT2D eigenvalue weighted by atomic mass is 10.1. The Morgan fingerprint density at radius 3 is 2.56 bits per heavy atom. The van der Waals surface area contributed by atoms with Crippen LogP contribution in [0.15, 0.2) is 70.2 Å². The van der Waals surface area contributed by atoms with Crippen LogP contribution < -0.4 is 15.5 Å². The molecule has 0 atom stereocenters. The molecular weight excluding hydrogens is 414 g/mol. The Morgan fingerprint density at radius 1 is 1.06 bits per heavy atom. The zero-order valence-corrected chi connectivity index (χ0v) is 17.2. The maximum absolute atomic E-state index is 11.8. The molecule has 0 unspecified atom stereocenters. The van der Waals surface area contributed by atoms with Gasteiger partial charge in [-0.3, -0.25) is 9.59 Å². The summed E-state index contributed by atoms with van der Waals surface area (Å²) < 4.78 is 11.0. The molecule has 32 heavy (non-hydrogen) atoms. The third-order valence-corrected chi connectivity index (χ3v) is 4.23. The van der Waals surface area contributed by atoms with Crippen LogP contribution in [0.4, 0.5) is 0 Å². The van der Waals surface area contributed by atoms with Gasteiger partial charge in [-0.15, -0.1) is 0 Å². The summed E-state index contributed by atoms with van der Waals surface area (Å²) in [5.74, 6) is -0.468. The average Bonchev–Trinajstić information content (AvgIpc) is 3.25. The number of ether oxygens (including phenoxy) is 1. The predicted octanol–water partition coefficient (Wildman–Crippen LogP) is 2.60. The van der Waals surface area contributed by atoms with E-state index in [1.54, 1.807) is 36.4 Å². The topological polar surface area (TPSA) is 130 Å². The molecule has 0 spiro atoms. The maximum atomic E-state index is 11.8. The number of carbonyl (C=O) groups excluding carboxylic acids is 2. The van der Waals surface area contributed by atoms with Gasteiger partial charge in [0.15, 0.2) is 6.61 Å². The molecule has 164 valence electrons. The highest BCUT2D eigenvalue weighted by molar-refractivity contribution is 5.88. The number of hydrogen-bond donors (Lipinski definition) is 3. The summed E-state index contributed by atoms with van der Waals surface area (Å²) in [6, 6.07) is 16.9. The van der Waals surface area contributed by atoms with Crippen molar-refractivity contribution in [3.8, 4) is 17.1 Å². The summed E-state index contributed by atoms with van der Waals surface area (Å²) in [5.41, 5.74) is 4.18. The molecule has 2 aromatic carbocycles. The first-order valence-corrected chi connectivity index (χ1v) is 9.62. The summed E-state index contributed by atoms with van der Waals surface area (Å²) in [7, 11) is 0. The third kappa shape index (κ3) is 6.56. The summed E-state index contributed by atoms with van der Waals surface area (Å²) in [4.78, 5) is 34.5. The van der Waals surface area contributed by atoms with Gasteiger partial charge in [0, 0.05) is 5.56 Å². The minimum Gasteiger partial charge on any atom is -0.484 e.